The van der Waals surface area contributed by atoms with E-state index >= 15 is 0 Å². The van der Waals surface area contributed by atoms with E-state index in [1.54, 1.807) is 6.26 Å². The molecule has 0 aliphatic heterocycles. The van der Waals surface area contributed by atoms with Crippen LogP contribution >= 0.6 is 11.6 Å². The highest BCUT2D eigenvalue weighted by Crippen LogP contribution is 2.22. The molecule has 1 heterocycles. The molecule has 1 aromatic carbocycles. The van der Waals surface area contributed by atoms with E-state index < -0.39 is 0 Å². The summed E-state index contributed by atoms with van der Waals surface area (Å²) in [6.45, 7) is 1.95. The fraction of sp³-hybridized carbons (Fsp3) is 0.214. The van der Waals surface area contributed by atoms with Crippen LogP contribution < -0.4 is 5.32 Å². The Labute approximate surface area is 111 Å². The quantitative estimate of drug-likeness (QED) is 0.911. The molecule has 4 heteroatoms. The molecule has 1 aromatic heterocycles. The van der Waals surface area contributed by atoms with Gasteiger partial charge in [0.25, 0.3) is 0 Å². The molecule has 2 rings (SSSR count). The molecule has 0 radical (unpaired) electrons. The molecule has 0 saturated heterocycles. The SMILES string of the molecule is Cc1ccc(NC(=O)CCc2ccco2)c(Cl)c1. The third kappa shape index (κ3) is 3.37. The number of aryl methyl sites for hydroxylation is 2. The van der Waals surface area contributed by atoms with Gasteiger partial charge in [0.05, 0.1) is 17.0 Å². The van der Waals surface area contributed by atoms with Crippen LogP contribution in [-0.4, -0.2) is 5.91 Å². The molecule has 0 saturated carbocycles. The molecule has 1 amide bonds. The molecule has 0 unspecified atom stereocenters. The fourth-order valence-electron chi connectivity index (χ4n) is 1.63. The van der Waals surface area contributed by atoms with Crippen LogP contribution in [0.25, 0.3) is 0 Å². The lowest BCUT2D eigenvalue weighted by molar-refractivity contribution is -0.116. The van der Waals surface area contributed by atoms with Gasteiger partial charge in [-0.25, -0.2) is 0 Å². The predicted molar refractivity (Wildman–Crippen MR) is 71.8 cm³/mol. The Kier molecular flexibility index (Phi) is 4.05. The highest BCUT2D eigenvalue weighted by Gasteiger charge is 2.07. The molecular formula is C14H14ClNO2. The van der Waals surface area contributed by atoms with Crippen LogP contribution in [-0.2, 0) is 11.2 Å². The van der Waals surface area contributed by atoms with E-state index in [4.69, 9.17) is 16.0 Å². The van der Waals surface area contributed by atoms with E-state index in [-0.39, 0.29) is 5.91 Å². The summed E-state index contributed by atoms with van der Waals surface area (Å²) in [6.07, 6.45) is 2.56. The second kappa shape index (κ2) is 5.74. The standard InChI is InChI=1S/C14H14ClNO2/c1-10-4-6-13(12(15)9-10)16-14(17)7-5-11-3-2-8-18-11/h2-4,6,8-9H,5,7H2,1H3,(H,16,17). The van der Waals surface area contributed by atoms with Crippen LogP contribution in [0, 0.1) is 6.92 Å². The Morgan fingerprint density at radius 2 is 2.22 bits per heavy atom. The summed E-state index contributed by atoms with van der Waals surface area (Å²) in [4.78, 5) is 11.7. The van der Waals surface area contributed by atoms with Crippen LogP contribution in [0.1, 0.15) is 17.7 Å². The number of nitrogens with one attached hydrogen (secondary N) is 1. The van der Waals surface area contributed by atoms with Crippen molar-refractivity contribution < 1.29 is 9.21 Å². The number of hydrogen-bond acceptors (Lipinski definition) is 2. The van der Waals surface area contributed by atoms with Crippen LogP contribution in [0.3, 0.4) is 0 Å². The van der Waals surface area contributed by atoms with Crippen molar-refractivity contribution in [3.63, 3.8) is 0 Å². The van der Waals surface area contributed by atoms with E-state index in [0.717, 1.165) is 11.3 Å². The molecule has 2 aromatic rings. The van der Waals surface area contributed by atoms with Gasteiger partial charge in [0.1, 0.15) is 5.76 Å². The fourth-order valence-corrected chi connectivity index (χ4v) is 1.91. The summed E-state index contributed by atoms with van der Waals surface area (Å²) in [5, 5.41) is 3.34. The van der Waals surface area contributed by atoms with Gasteiger partial charge < -0.3 is 9.73 Å². The summed E-state index contributed by atoms with van der Waals surface area (Å²) in [6, 6.07) is 9.20. The molecule has 1 N–H and O–H groups in total. The van der Waals surface area contributed by atoms with Crippen LogP contribution in [0.2, 0.25) is 5.02 Å². The maximum absolute atomic E-state index is 11.7. The smallest absolute Gasteiger partial charge is 0.224 e. The molecule has 0 aliphatic carbocycles. The van der Waals surface area contributed by atoms with Crippen LogP contribution in [0.5, 0.6) is 0 Å². The second-order valence-corrected chi connectivity index (χ2v) is 4.52. The lowest BCUT2D eigenvalue weighted by Gasteiger charge is -2.07. The van der Waals surface area contributed by atoms with Gasteiger partial charge in [-0.05, 0) is 36.8 Å². The maximum atomic E-state index is 11.7. The molecule has 3 nitrogen and oxygen atoms in total. The number of halogens is 1. The largest absolute Gasteiger partial charge is 0.469 e. The van der Waals surface area contributed by atoms with Gasteiger partial charge in [-0.3, -0.25) is 4.79 Å². The van der Waals surface area contributed by atoms with Crippen molar-refractivity contribution >= 4 is 23.2 Å². The monoisotopic (exact) mass is 263 g/mol. The number of furan rings is 1. The third-order valence-electron chi connectivity index (χ3n) is 2.58. The Morgan fingerprint density at radius 1 is 1.39 bits per heavy atom. The zero-order valence-corrected chi connectivity index (χ0v) is 10.8. The predicted octanol–water partition coefficient (Wildman–Crippen LogP) is 3.81. The first-order valence-electron chi connectivity index (χ1n) is 5.73. The summed E-state index contributed by atoms with van der Waals surface area (Å²) in [5.74, 6) is 0.734. The van der Waals surface area contributed by atoms with Crippen molar-refractivity contribution in [1.29, 1.82) is 0 Å². The van der Waals surface area contributed by atoms with Gasteiger partial charge in [0, 0.05) is 12.8 Å². The number of carbonyl (C=O) groups excluding carboxylic acids is 1. The first kappa shape index (κ1) is 12.7. The van der Waals surface area contributed by atoms with E-state index in [9.17, 15) is 4.79 Å². The van der Waals surface area contributed by atoms with E-state index in [0.29, 0.717) is 23.6 Å². The Morgan fingerprint density at radius 3 is 2.89 bits per heavy atom. The lowest BCUT2D eigenvalue weighted by Crippen LogP contribution is -2.12. The summed E-state index contributed by atoms with van der Waals surface area (Å²) >= 11 is 6.04. The molecular weight excluding hydrogens is 250 g/mol. The Bertz CT molecular complexity index is 535. The molecule has 94 valence electrons. The number of rotatable bonds is 4. The van der Waals surface area contributed by atoms with Gasteiger partial charge >= 0.3 is 0 Å². The molecule has 0 aliphatic rings. The zero-order valence-electron chi connectivity index (χ0n) is 10.1. The molecule has 0 spiro atoms. The van der Waals surface area contributed by atoms with Crippen LogP contribution in [0.15, 0.2) is 41.0 Å². The van der Waals surface area contributed by atoms with Crippen molar-refractivity contribution in [3.05, 3.63) is 52.9 Å². The van der Waals surface area contributed by atoms with Gasteiger partial charge in [-0.15, -0.1) is 0 Å². The van der Waals surface area contributed by atoms with Crippen molar-refractivity contribution in [1.82, 2.24) is 0 Å². The minimum absolute atomic E-state index is 0.0721. The summed E-state index contributed by atoms with van der Waals surface area (Å²) < 4.78 is 5.17. The van der Waals surface area contributed by atoms with Crippen molar-refractivity contribution in [2.24, 2.45) is 0 Å². The lowest BCUT2D eigenvalue weighted by atomic mass is 10.2. The molecule has 0 fully saturated rings. The number of hydrogen-bond donors (Lipinski definition) is 1. The third-order valence-corrected chi connectivity index (χ3v) is 2.89. The second-order valence-electron chi connectivity index (χ2n) is 4.11. The number of amides is 1. The highest BCUT2D eigenvalue weighted by atomic mass is 35.5. The topological polar surface area (TPSA) is 42.2 Å². The van der Waals surface area contributed by atoms with Gasteiger partial charge in [0.15, 0.2) is 0 Å². The maximum Gasteiger partial charge on any atom is 0.224 e. The van der Waals surface area contributed by atoms with Crippen molar-refractivity contribution in [3.8, 4) is 0 Å². The minimum Gasteiger partial charge on any atom is -0.469 e. The molecule has 0 atom stereocenters. The first-order chi connectivity index (χ1) is 8.65. The average molecular weight is 264 g/mol. The van der Waals surface area contributed by atoms with Crippen molar-refractivity contribution in [2.75, 3.05) is 5.32 Å². The van der Waals surface area contributed by atoms with Gasteiger partial charge in [-0.2, -0.15) is 0 Å². The number of benzene rings is 1. The average Bonchev–Trinajstić information content (AvgIpc) is 2.83. The Balaban J connectivity index is 1.91. The normalized spacial score (nSPS) is 10.3. The number of anilines is 1. The highest BCUT2D eigenvalue weighted by molar-refractivity contribution is 6.33. The summed E-state index contributed by atoms with van der Waals surface area (Å²) in [7, 11) is 0. The van der Waals surface area contributed by atoms with Gasteiger partial charge in [0.2, 0.25) is 5.91 Å². The Hall–Kier alpha value is -1.74. The number of carbonyl (C=O) groups is 1. The van der Waals surface area contributed by atoms with E-state index in [1.165, 1.54) is 0 Å². The molecule has 18 heavy (non-hydrogen) atoms. The van der Waals surface area contributed by atoms with E-state index in [1.807, 2.05) is 37.3 Å². The zero-order chi connectivity index (χ0) is 13.0. The molecule has 0 bridgehead atoms. The van der Waals surface area contributed by atoms with Gasteiger partial charge in [-0.1, -0.05) is 17.7 Å². The first-order valence-corrected chi connectivity index (χ1v) is 6.11. The minimum atomic E-state index is -0.0721. The van der Waals surface area contributed by atoms with Crippen molar-refractivity contribution in [2.45, 2.75) is 19.8 Å². The van der Waals surface area contributed by atoms with Crippen LogP contribution in [0.4, 0.5) is 5.69 Å². The summed E-state index contributed by atoms with van der Waals surface area (Å²) in [5.41, 5.74) is 1.71. The van der Waals surface area contributed by atoms with E-state index in [2.05, 4.69) is 5.32 Å².